The molecule has 0 atom stereocenters. The van der Waals surface area contributed by atoms with E-state index in [1.54, 1.807) is 0 Å². The first-order chi connectivity index (χ1) is 11.7. The average molecular weight is 343 g/mol. The molecular weight excluding hydrogens is 318 g/mol. The summed E-state index contributed by atoms with van der Waals surface area (Å²) < 4.78 is 4.60. The van der Waals surface area contributed by atoms with Crippen LogP contribution < -0.4 is 0 Å². The minimum Gasteiger partial charge on any atom is -0.511 e. The predicted molar refractivity (Wildman–Crippen MR) is 97.2 cm³/mol. The van der Waals surface area contributed by atoms with Crippen LogP contribution in [0.3, 0.4) is 0 Å². The molecule has 5 heteroatoms. The molecule has 1 N–H and O–H groups in total. The summed E-state index contributed by atoms with van der Waals surface area (Å²) in [6.07, 6.45) is 1.03. The van der Waals surface area contributed by atoms with E-state index in [-0.39, 0.29) is 35.4 Å². The molecule has 1 aliphatic rings. The second kappa shape index (κ2) is 7.64. The zero-order valence-electron chi connectivity index (χ0n) is 15.3. The van der Waals surface area contributed by atoms with Crippen molar-refractivity contribution in [1.82, 2.24) is 0 Å². The van der Waals surface area contributed by atoms with Gasteiger partial charge in [0.1, 0.15) is 5.76 Å². The van der Waals surface area contributed by atoms with Crippen molar-refractivity contribution in [2.24, 2.45) is 10.4 Å². The largest absolute Gasteiger partial charge is 0.511 e. The minimum absolute atomic E-state index is 0.0279. The van der Waals surface area contributed by atoms with Gasteiger partial charge in [-0.3, -0.25) is 14.6 Å². The van der Waals surface area contributed by atoms with E-state index in [4.69, 9.17) is 0 Å². The number of benzene rings is 1. The number of esters is 1. The van der Waals surface area contributed by atoms with Gasteiger partial charge in [0.25, 0.3) is 0 Å². The molecule has 134 valence electrons. The molecule has 5 nitrogen and oxygen atoms in total. The van der Waals surface area contributed by atoms with Crippen LogP contribution in [0.1, 0.15) is 45.1 Å². The van der Waals surface area contributed by atoms with Crippen molar-refractivity contribution < 1.29 is 19.4 Å². The summed E-state index contributed by atoms with van der Waals surface area (Å²) >= 11 is 0. The number of aryl methyl sites for hydroxylation is 1. The molecule has 0 amide bonds. The zero-order chi connectivity index (χ0) is 18.6. The van der Waals surface area contributed by atoms with E-state index in [0.717, 1.165) is 11.3 Å². The normalized spacial score (nSPS) is 20.5. The second-order valence-electron chi connectivity index (χ2n) is 7.18. The molecule has 0 bridgehead atoms. The van der Waals surface area contributed by atoms with E-state index >= 15 is 0 Å². The summed E-state index contributed by atoms with van der Waals surface area (Å²) in [7, 11) is 1.30. The number of aliphatic hydroxyl groups is 1. The lowest BCUT2D eigenvalue weighted by molar-refractivity contribution is -0.140. The van der Waals surface area contributed by atoms with Crippen LogP contribution in [-0.4, -0.2) is 29.7 Å². The Morgan fingerprint density at radius 1 is 1.24 bits per heavy atom. The van der Waals surface area contributed by atoms with Gasteiger partial charge in [-0.15, -0.1) is 0 Å². The number of rotatable bonds is 4. The highest BCUT2D eigenvalue weighted by Crippen LogP contribution is 2.37. The maximum absolute atomic E-state index is 12.6. The fourth-order valence-electron chi connectivity index (χ4n) is 2.99. The van der Waals surface area contributed by atoms with Crippen LogP contribution in [0.5, 0.6) is 0 Å². The Balaban J connectivity index is 2.44. The summed E-state index contributed by atoms with van der Waals surface area (Å²) in [5.74, 6) is -0.641. The number of hydrogen-bond donors (Lipinski definition) is 1. The maximum atomic E-state index is 12.6. The van der Waals surface area contributed by atoms with Crippen LogP contribution in [0.15, 0.2) is 40.6 Å². The quantitative estimate of drug-likeness (QED) is 0.504. The van der Waals surface area contributed by atoms with Crippen molar-refractivity contribution in [3.63, 3.8) is 0 Å². The van der Waals surface area contributed by atoms with Gasteiger partial charge in [0.05, 0.1) is 30.5 Å². The van der Waals surface area contributed by atoms with Crippen LogP contribution in [0.4, 0.5) is 5.69 Å². The monoisotopic (exact) mass is 343 g/mol. The Labute approximate surface area is 148 Å². The number of aliphatic imine (C=N–C) groups is 1. The van der Waals surface area contributed by atoms with Gasteiger partial charge in [0.15, 0.2) is 5.78 Å². The molecule has 0 unspecified atom stereocenters. The summed E-state index contributed by atoms with van der Waals surface area (Å²) in [6.45, 7) is 5.98. The molecule has 1 aliphatic carbocycles. The van der Waals surface area contributed by atoms with Crippen molar-refractivity contribution in [1.29, 1.82) is 0 Å². The van der Waals surface area contributed by atoms with Crippen LogP contribution in [0.2, 0.25) is 0 Å². The molecule has 0 aliphatic heterocycles. The Hall–Kier alpha value is -2.43. The van der Waals surface area contributed by atoms with E-state index in [1.165, 1.54) is 7.11 Å². The Kier molecular flexibility index (Phi) is 5.77. The number of ether oxygens (including phenoxy) is 1. The van der Waals surface area contributed by atoms with Crippen molar-refractivity contribution >= 4 is 23.2 Å². The number of para-hydroxylation sites is 1. The van der Waals surface area contributed by atoms with E-state index in [2.05, 4.69) is 9.73 Å². The summed E-state index contributed by atoms with van der Waals surface area (Å²) in [5, 5.41) is 10.4. The number of allylic oxidation sites excluding steroid dienone is 2. The first kappa shape index (κ1) is 18.9. The van der Waals surface area contributed by atoms with Gasteiger partial charge in [0, 0.05) is 12.8 Å². The number of aliphatic hydroxyl groups excluding tert-OH is 1. The molecule has 0 heterocycles. The lowest BCUT2D eigenvalue weighted by Crippen LogP contribution is -2.32. The third kappa shape index (κ3) is 4.78. The molecule has 0 saturated heterocycles. The first-order valence-corrected chi connectivity index (χ1v) is 8.39. The molecule has 0 spiro atoms. The molecule has 1 fully saturated rings. The van der Waals surface area contributed by atoms with Gasteiger partial charge in [-0.1, -0.05) is 32.0 Å². The topological polar surface area (TPSA) is 76.0 Å². The van der Waals surface area contributed by atoms with Crippen molar-refractivity contribution in [3.05, 3.63) is 41.2 Å². The highest BCUT2D eigenvalue weighted by molar-refractivity contribution is 6.25. The van der Waals surface area contributed by atoms with E-state index in [0.29, 0.717) is 18.6 Å². The summed E-state index contributed by atoms with van der Waals surface area (Å²) in [6, 6.07) is 7.66. The van der Waals surface area contributed by atoms with Crippen LogP contribution in [-0.2, 0) is 14.3 Å². The summed E-state index contributed by atoms with van der Waals surface area (Å²) in [4.78, 5) is 28.6. The summed E-state index contributed by atoms with van der Waals surface area (Å²) in [5.41, 5.74) is 2.40. The molecule has 25 heavy (non-hydrogen) atoms. The fraction of sp³-hybridized carbons (Fsp3) is 0.450. The number of hydrogen-bond acceptors (Lipinski definition) is 5. The highest BCUT2D eigenvalue weighted by Gasteiger charge is 2.36. The maximum Gasteiger partial charge on any atom is 0.305 e. The smallest absolute Gasteiger partial charge is 0.305 e. The number of carbonyl (C=O) groups excluding carboxylic acids is 2. The third-order valence-corrected chi connectivity index (χ3v) is 4.31. The average Bonchev–Trinajstić information content (AvgIpc) is 2.53. The SMILES string of the molecule is COC(=O)CC/C(O)=C1\C(=O)CC(C)(C)CC1=Nc1ccccc1C. The molecular formula is C20H25NO4. The number of Topliss-reactive ketones (excluding diaryl/α,β-unsaturated/α-hetero) is 1. The molecule has 2 rings (SSSR count). The van der Waals surface area contributed by atoms with E-state index < -0.39 is 5.97 Å². The van der Waals surface area contributed by atoms with Crippen LogP contribution in [0.25, 0.3) is 0 Å². The first-order valence-electron chi connectivity index (χ1n) is 8.39. The van der Waals surface area contributed by atoms with E-state index in [9.17, 15) is 14.7 Å². The third-order valence-electron chi connectivity index (χ3n) is 4.31. The molecule has 1 saturated carbocycles. The van der Waals surface area contributed by atoms with Gasteiger partial charge in [-0.25, -0.2) is 0 Å². The Bertz CT molecular complexity index is 744. The number of ketones is 1. The van der Waals surface area contributed by atoms with Crippen LogP contribution >= 0.6 is 0 Å². The van der Waals surface area contributed by atoms with Crippen molar-refractivity contribution in [3.8, 4) is 0 Å². The lowest BCUT2D eigenvalue weighted by atomic mass is 9.73. The van der Waals surface area contributed by atoms with Crippen LogP contribution in [0, 0.1) is 12.3 Å². The fourth-order valence-corrected chi connectivity index (χ4v) is 2.99. The van der Waals surface area contributed by atoms with Gasteiger partial charge in [-0.2, -0.15) is 0 Å². The van der Waals surface area contributed by atoms with Gasteiger partial charge in [-0.05, 0) is 30.4 Å². The van der Waals surface area contributed by atoms with E-state index in [1.807, 2.05) is 45.0 Å². The van der Waals surface area contributed by atoms with Gasteiger partial charge < -0.3 is 9.84 Å². The zero-order valence-corrected chi connectivity index (χ0v) is 15.3. The lowest BCUT2D eigenvalue weighted by Gasteiger charge is -2.31. The predicted octanol–water partition coefficient (Wildman–Crippen LogP) is 4.22. The highest BCUT2D eigenvalue weighted by atomic mass is 16.5. The second-order valence-corrected chi connectivity index (χ2v) is 7.18. The van der Waals surface area contributed by atoms with Gasteiger partial charge >= 0.3 is 5.97 Å². The molecule has 0 aromatic heterocycles. The number of nitrogens with zero attached hydrogens (tertiary/aromatic N) is 1. The van der Waals surface area contributed by atoms with Crippen molar-refractivity contribution in [2.45, 2.75) is 46.5 Å². The van der Waals surface area contributed by atoms with Gasteiger partial charge in [0.2, 0.25) is 0 Å². The standard InChI is InChI=1S/C20H25NO4/c1-13-7-5-6-8-14(13)21-15-11-20(2,3)12-17(23)19(15)16(22)9-10-18(24)25-4/h5-8,22H,9-12H2,1-4H3/b19-16+,21-15?. The number of methoxy groups -OCH3 is 1. The minimum atomic E-state index is -0.423. The molecule has 1 aromatic rings. The molecule has 1 aromatic carbocycles. The van der Waals surface area contributed by atoms with Crippen molar-refractivity contribution in [2.75, 3.05) is 7.11 Å². The number of carbonyl (C=O) groups is 2. The Morgan fingerprint density at radius 3 is 2.56 bits per heavy atom. The Morgan fingerprint density at radius 2 is 1.92 bits per heavy atom. The molecule has 0 radical (unpaired) electrons.